The number of carbonyl (C=O) groups is 1. The molecule has 0 aromatic heterocycles. The zero-order valence-electron chi connectivity index (χ0n) is 10.0. The second-order valence-electron chi connectivity index (χ2n) is 3.74. The molecular weight excluding hydrogens is 228 g/mol. The predicted octanol–water partition coefficient (Wildman–Crippen LogP) is 2.62. The van der Waals surface area contributed by atoms with Crippen molar-refractivity contribution in [1.82, 2.24) is 0 Å². The van der Waals surface area contributed by atoms with Crippen LogP contribution >= 0.6 is 0 Å². The molecule has 3 N–H and O–H groups in total. The maximum absolute atomic E-state index is 11.2. The standard InChI is InChI=1S/C14H14N2O2/c1-16-10-6-8-11(9-7-10)18-13-5-3-2-4-12(13)14(15)17/h2-9,16H,1H3,(H2,15,17). The lowest BCUT2D eigenvalue weighted by atomic mass is 10.2. The maximum Gasteiger partial charge on any atom is 0.252 e. The van der Waals surface area contributed by atoms with Crippen LogP contribution in [0.4, 0.5) is 5.69 Å². The fraction of sp³-hybridized carbons (Fsp3) is 0.0714. The van der Waals surface area contributed by atoms with Crippen LogP contribution in [-0.2, 0) is 0 Å². The average molecular weight is 242 g/mol. The molecule has 2 aromatic carbocycles. The average Bonchev–Trinajstić information content (AvgIpc) is 2.40. The van der Waals surface area contributed by atoms with Crippen LogP contribution in [0.1, 0.15) is 10.4 Å². The molecule has 0 radical (unpaired) electrons. The van der Waals surface area contributed by atoms with E-state index in [4.69, 9.17) is 10.5 Å². The molecule has 0 saturated heterocycles. The van der Waals surface area contributed by atoms with Crippen molar-refractivity contribution in [2.24, 2.45) is 5.73 Å². The highest BCUT2D eigenvalue weighted by molar-refractivity contribution is 5.95. The molecule has 0 unspecified atom stereocenters. The number of nitrogens with one attached hydrogen (secondary N) is 1. The van der Waals surface area contributed by atoms with Gasteiger partial charge in [-0.15, -0.1) is 0 Å². The molecule has 0 saturated carbocycles. The third kappa shape index (κ3) is 2.60. The summed E-state index contributed by atoms with van der Waals surface area (Å²) in [5.74, 6) is 0.613. The molecule has 2 rings (SSSR count). The monoisotopic (exact) mass is 242 g/mol. The Bertz CT molecular complexity index is 550. The van der Waals surface area contributed by atoms with Gasteiger partial charge in [0.25, 0.3) is 5.91 Å². The van der Waals surface area contributed by atoms with Gasteiger partial charge < -0.3 is 15.8 Å². The van der Waals surface area contributed by atoms with Gasteiger partial charge in [-0.3, -0.25) is 4.79 Å². The molecule has 0 fully saturated rings. The molecule has 4 heteroatoms. The van der Waals surface area contributed by atoms with Crippen LogP contribution in [0.25, 0.3) is 0 Å². The highest BCUT2D eigenvalue weighted by Crippen LogP contribution is 2.25. The normalized spacial score (nSPS) is 9.83. The summed E-state index contributed by atoms with van der Waals surface area (Å²) in [4.78, 5) is 11.2. The summed E-state index contributed by atoms with van der Waals surface area (Å²) in [5.41, 5.74) is 6.65. The zero-order chi connectivity index (χ0) is 13.0. The van der Waals surface area contributed by atoms with Crippen LogP contribution in [0.15, 0.2) is 48.5 Å². The zero-order valence-corrected chi connectivity index (χ0v) is 10.0. The van der Waals surface area contributed by atoms with E-state index >= 15 is 0 Å². The lowest BCUT2D eigenvalue weighted by molar-refractivity contribution is 0.0998. The van der Waals surface area contributed by atoms with Crippen LogP contribution < -0.4 is 15.8 Å². The first-order valence-electron chi connectivity index (χ1n) is 5.55. The predicted molar refractivity (Wildman–Crippen MR) is 71.0 cm³/mol. The first-order chi connectivity index (χ1) is 8.70. The quantitative estimate of drug-likeness (QED) is 0.866. The maximum atomic E-state index is 11.2. The number of carbonyl (C=O) groups excluding carboxylic acids is 1. The molecule has 0 aliphatic rings. The fourth-order valence-electron chi connectivity index (χ4n) is 1.58. The summed E-state index contributed by atoms with van der Waals surface area (Å²) in [5, 5.41) is 3.02. The highest BCUT2D eigenvalue weighted by atomic mass is 16.5. The van der Waals surface area contributed by atoms with E-state index in [2.05, 4.69) is 5.32 Å². The molecule has 0 atom stereocenters. The van der Waals surface area contributed by atoms with Crippen molar-refractivity contribution in [3.05, 3.63) is 54.1 Å². The van der Waals surface area contributed by atoms with Crippen molar-refractivity contribution in [2.75, 3.05) is 12.4 Å². The fourth-order valence-corrected chi connectivity index (χ4v) is 1.58. The van der Waals surface area contributed by atoms with E-state index in [1.165, 1.54) is 0 Å². The molecule has 0 spiro atoms. The molecule has 1 amide bonds. The highest BCUT2D eigenvalue weighted by Gasteiger charge is 2.08. The lowest BCUT2D eigenvalue weighted by Crippen LogP contribution is -2.11. The number of rotatable bonds is 4. The number of para-hydroxylation sites is 1. The number of ether oxygens (including phenoxy) is 1. The van der Waals surface area contributed by atoms with E-state index < -0.39 is 5.91 Å². The van der Waals surface area contributed by atoms with Gasteiger partial charge in [0.2, 0.25) is 0 Å². The minimum absolute atomic E-state index is 0.371. The van der Waals surface area contributed by atoms with Crippen LogP contribution in [0.2, 0.25) is 0 Å². The minimum Gasteiger partial charge on any atom is -0.457 e. The van der Waals surface area contributed by atoms with E-state index in [0.29, 0.717) is 17.1 Å². The Labute approximate surface area is 105 Å². The van der Waals surface area contributed by atoms with Crippen LogP contribution in [0.3, 0.4) is 0 Å². The van der Waals surface area contributed by atoms with Crippen molar-refractivity contribution in [1.29, 1.82) is 0 Å². The summed E-state index contributed by atoms with van der Waals surface area (Å²) in [6.45, 7) is 0. The second-order valence-corrected chi connectivity index (χ2v) is 3.74. The smallest absolute Gasteiger partial charge is 0.252 e. The lowest BCUT2D eigenvalue weighted by Gasteiger charge is -2.09. The number of hydrogen-bond donors (Lipinski definition) is 2. The summed E-state index contributed by atoms with van der Waals surface area (Å²) in [6, 6.07) is 14.3. The van der Waals surface area contributed by atoms with Crippen molar-refractivity contribution in [2.45, 2.75) is 0 Å². The molecule has 4 nitrogen and oxygen atoms in total. The SMILES string of the molecule is CNc1ccc(Oc2ccccc2C(N)=O)cc1. The van der Waals surface area contributed by atoms with E-state index in [1.807, 2.05) is 31.3 Å². The van der Waals surface area contributed by atoms with Gasteiger partial charge >= 0.3 is 0 Å². The molecule has 18 heavy (non-hydrogen) atoms. The van der Waals surface area contributed by atoms with E-state index in [0.717, 1.165) is 5.69 Å². The largest absolute Gasteiger partial charge is 0.457 e. The van der Waals surface area contributed by atoms with Crippen molar-refractivity contribution >= 4 is 11.6 Å². The van der Waals surface area contributed by atoms with E-state index in [1.54, 1.807) is 24.3 Å². The van der Waals surface area contributed by atoms with Crippen LogP contribution in [-0.4, -0.2) is 13.0 Å². The third-order valence-corrected chi connectivity index (χ3v) is 2.52. The number of amides is 1. The Morgan fingerprint density at radius 2 is 1.78 bits per heavy atom. The number of benzene rings is 2. The van der Waals surface area contributed by atoms with Gasteiger partial charge in [-0.1, -0.05) is 12.1 Å². The van der Waals surface area contributed by atoms with Crippen LogP contribution in [0.5, 0.6) is 11.5 Å². The summed E-state index contributed by atoms with van der Waals surface area (Å²) < 4.78 is 5.64. The van der Waals surface area contributed by atoms with Crippen molar-refractivity contribution in [3.8, 4) is 11.5 Å². The Balaban J connectivity index is 2.25. The second kappa shape index (κ2) is 5.23. The minimum atomic E-state index is -0.502. The van der Waals surface area contributed by atoms with E-state index in [-0.39, 0.29) is 0 Å². The van der Waals surface area contributed by atoms with E-state index in [9.17, 15) is 4.79 Å². The first-order valence-corrected chi connectivity index (χ1v) is 5.55. The molecule has 0 aliphatic heterocycles. The van der Waals surface area contributed by atoms with Gasteiger partial charge in [0.1, 0.15) is 11.5 Å². The Morgan fingerprint density at radius 1 is 1.11 bits per heavy atom. The van der Waals surface area contributed by atoms with Crippen molar-refractivity contribution < 1.29 is 9.53 Å². The van der Waals surface area contributed by atoms with Crippen molar-refractivity contribution in [3.63, 3.8) is 0 Å². The molecule has 0 aliphatic carbocycles. The van der Waals surface area contributed by atoms with Gasteiger partial charge in [0.15, 0.2) is 0 Å². The van der Waals surface area contributed by atoms with Gasteiger partial charge in [0.05, 0.1) is 5.56 Å². The number of nitrogens with two attached hydrogens (primary N) is 1. The molecule has 92 valence electrons. The Kier molecular flexibility index (Phi) is 3.48. The van der Waals surface area contributed by atoms with Crippen LogP contribution in [0, 0.1) is 0 Å². The summed E-state index contributed by atoms with van der Waals surface area (Å²) >= 11 is 0. The third-order valence-electron chi connectivity index (χ3n) is 2.52. The topological polar surface area (TPSA) is 64.3 Å². The Hall–Kier alpha value is -2.49. The Morgan fingerprint density at radius 3 is 2.39 bits per heavy atom. The first kappa shape index (κ1) is 12.0. The number of hydrogen-bond acceptors (Lipinski definition) is 3. The number of primary amides is 1. The molecular formula is C14H14N2O2. The number of anilines is 1. The van der Waals surface area contributed by atoms with Gasteiger partial charge in [0, 0.05) is 12.7 Å². The molecule has 0 bridgehead atoms. The molecule has 0 heterocycles. The van der Waals surface area contributed by atoms with Gasteiger partial charge in [-0.2, -0.15) is 0 Å². The molecule has 2 aromatic rings. The van der Waals surface area contributed by atoms with Gasteiger partial charge in [-0.05, 0) is 36.4 Å². The summed E-state index contributed by atoms with van der Waals surface area (Å²) in [6.07, 6.45) is 0. The summed E-state index contributed by atoms with van der Waals surface area (Å²) in [7, 11) is 1.85. The van der Waals surface area contributed by atoms with Gasteiger partial charge in [-0.25, -0.2) is 0 Å².